The van der Waals surface area contributed by atoms with Crippen molar-refractivity contribution in [2.75, 3.05) is 31.4 Å². The van der Waals surface area contributed by atoms with Crippen LogP contribution in [-0.4, -0.2) is 26.7 Å². The fraction of sp³-hybridized carbons (Fsp3) is 0.381. The molecule has 26 heavy (non-hydrogen) atoms. The number of benzene rings is 2. The predicted octanol–water partition coefficient (Wildman–Crippen LogP) is 4.34. The van der Waals surface area contributed by atoms with Gasteiger partial charge in [-0.2, -0.15) is 0 Å². The van der Waals surface area contributed by atoms with E-state index in [1.54, 1.807) is 14.2 Å². The van der Waals surface area contributed by atoms with Gasteiger partial charge < -0.3 is 20.1 Å². The number of rotatable bonds is 7. The van der Waals surface area contributed by atoms with Gasteiger partial charge in [0.15, 0.2) is 11.5 Å². The second-order valence-electron chi connectivity index (χ2n) is 7.15. The number of nitrogens with one attached hydrogen (secondary N) is 2. The molecule has 2 aromatic rings. The molecule has 2 rings (SSSR count). The van der Waals surface area contributed by atoms with Crippen molar-refractivity contribution in [3.63, 3.8) is 0 Å². The molecule has 0 saturated carbocycles. The zero-order valence-corrected chi connectivity index (χ0v) is 16.2. The van der Waals surface area contributed by atoms with E-state index in [0.29, 0.717) is 0 Å². The van der Waals surface area contributed by atoms with E-state index in [1.807, 2.05) is 63.2 Å². The number of hydrogen-bond donors (Lipinski definition) is 2. The highest BCUT2D eigenvalue weighted by Gasteiger charge is 2.20. The van der Waals surface area contributed by atoms with Gasteiger partial charge in [-0.1, -0.05) is 26.8 Å². The predicted molar refractivity (Wildman–Crippen MR) is 106 cm³/mol. The molecule has 140 valence electrons. The van der Waals surface area contributed by atoms with Crippen LogP contribution in [0, 0.1) is 5.41 Å². The largest absolute Gasteiger partial charge is 0.493 e. The number of methoxy groups -OCH3 is 2. The van der Waals surface area contributed by atoms with Crippen molar-refractivity contribution in [2.24, 2.45) is 5.41 Å². The Morgan fingerprint density at radius 2 is 1.54 bits per heavy atom. The third-order valence-corrected chi connectivity index (χ3v) is 4.01. The van der Waals surface area contributed by atoms with Gasteiger partial charge >= 0.3 is 0 Å². The Labute approximate surface area is 155 Å². The van der Waals surface area contributed by atoms with Crippen LogP contribution in [0.5, 0.6) is 11.5 Å². The standard InChI is InChI=1S/C21H28N2O3/c1-21(2,3)20(24)23-17-9-7-16(8-10-17)22-13-12-15-6-11-18(25-4)19(14-15)26-5/h6-11,14,22H,12-13H2,1-5H3,(H,23,24). The van der Waals surface area contributed by atoms with Crippen molar-refractivity contribution in [1.29, 1.82) is 0 Å². The number of hydrogen-bond acceptors (Lipinski definition) is 4. The summed E-state index contributed by atoms with van der Waals surface area (Å²) in [5, 5.41) is 6.31. The zero-order valence-electron chi connectivity index (χ0n) is 16.2. The molecule has 0 heterocycles. The number of carbonyl (C=O) groups is 1. The van der Waals surface area contributed by atoms with Crippen molar-refractivity contribution in [2.45, 2.75) is 27.2 Å². The van der Waals surface area contributed by atoms with Crippen LogP contribution in [0.25, 0.3) is 0 Å². The molecule has 0 spiro atoms. The van der Waals surface area contributed by atoms with E-state index in [-0.39, 0.29) is 5.91 Å². The first-order chi connectivity index (χ1) is 12.3. The number of ether oxygens (including phenoxy) is 2. The van der Waals surface area contributed by atoms with Crippen molar-refractivity contribution in [3.05, 3.63) is 48.0 Å². The molecule has 0 aromatic heterocycles. The van der Waals surface area contributed by atoms with Crippen LogP contribution in [-0.2, 0) is 11.2 Å². The van der Waals surface area contributed by atoms with Gasteiger partial charge in [0.05, 0.1) is 14.2 Å². The molecule has 0 aliphatic heterocycles. The first-order valence-corrected chi connectivity index (χ1v) is 8.70. The molecule has 0 atom stereocenters. The highest BCUT2D eigenvalue weighted by atomic mass is 16.5. The maximum absolute atomic E-state index is 12.0. The van der Waals surface area contributed by atoms with Crippen LogP contribution in [0.15, 0.2) is 42.5 Å². The summed E-state index contributed by atoms with van der Waals surface area (Å²) in [5.74, 6) is 1.48. The van der Waals surface area contributed by atoms with Crippen LogP contribution in [0.3, 0.4) is 0 Å². The van der Waals surface area contributed by atoms with Gasteiger partial charge in [-0.25, -0.2) is 0 Å². The second kappa shape index (κ2) is 8.61. The Morgan fingerprint density at radius 3 is 2.12 bits per heavy atom. The van der Waals surface area contributed by atoms with E-state index in [2.05, 4.69) is 10.6 Å². The molecule has 5 heteroatoms. The lowest BCUT2D eigenvalue weighted by atomic mass is 9.95. The molecule has 0 fully saturated rings. The molecule has 5 nitrogen and oxygen atoms in total. The van der Waals surface area contributed by atoms with Crippen LogP contribution in [0.1, 0.15) is 26.3 Å². The molecular weight excluding hydrogens is 328 g/mol. The molecule has 0 saturated heterocycles. The highest BCUT2D eigenvalue weighted by molar-refractivity contribution is 5.94. The quantitative estimate of drug-likeness (QED) is 0.775. The lowest BCUT2D eigenvalue weighted by molar-refractivity contribution is -0.123. The summed E-state index contributed by atoms with van der Waals surface area (Å²) in [6, 6.07) is 13.7. The van der Waals surface area contributed by atoms with Gasteiger partial charge in [0.1, 0.15) is 0 Å². The Bertz CT molecular complexity index is 734. The molecule has 0 bridgehead atoms. The smallest absolute Gasteiger partial charge is 0.229 e. The third kappa shape index (κ3) is 5.41. The number of anilines is 2. The first kappa shape index (κ1) is 19.6. The monoisotopic (exact) mass is 356 g/mol. The molecule has 1 amide bonds. The van der Waals surface area contributed by atoms with Gasteiger partial charge in [0.2, 0.25) is 5.91 Å². The topological polar surface area (TPSA) is 59.6 Å². The summed E-state index contributed by atoms with van der Waals surface area (Å²) in [7, 11) is 3.27. The van der Waals surface area contributed by atoms with E-state index >= 15 is 0 Å². The summed E-state index contributed by atoms with van der Waals surface area (Å²) in [5.41, 5.74) is 2.58. The summed E-state index contributed by atoms with van der Waals surface area (Å²) >= 11 is 0. The third-order valence-electron chi connectivity index (χ3n) is 4.01. The van der Waals surface area contributed by atoms with E-state index < -0.39 is 5.41 Å². The van der Waals surface area contributed by atoms with Crippen molar-refractivity contribution in [1.82, 2.24) is 0 Å². The molecule has 0 unspecified atom stereocenters. The van der Waals surface area contributed by atoms with Crippen LogP contribution in [0.2, 0.25) is 0 Å². The maximum Gasteiger partial charge on any atom is 0.229 e. The lowest BCUT2D eigenvalue weighted by Crippen LogP contribution is -2.27. The Hall–Kier alpha value is -2.69. The van der Waals surface area contributed by atoms with Gasteiger partial charge in [-0.15, -0.1) is 0 Å². The minimum atomic E-state index is -0.406. The average Bonchev–Trinajstić information content (AvgIpc) is 2.62. The Kier molecular flexibility index (Phi) is 6.50. The van der Waals surface area contributed by atoms with E-state index in [9.17, 15) is 4.79 Å². The van der Waals surface area contributed by atoms with Crippen LogP contribution < -0.4 is 20.1 Å². The second-order valence-corrected chi connectivity index (χ2v) is 7.15. The normalized spacial score (nSPS) is 11.0. The van der Waals surface area contributed by atoms with Gasteiger partial charge in [0.25, 0.3) is 0 Å². The first-order valence-electron chi connectivity index (χ1n) is 8.70. The van der Waals surface area contributed by atoms with Crippen molar-refractivity contribution >= 4 is 17.3 Å². The lowest BCUT2D eigenvalue weighted by Gasteiger charge is -2.17. The van der Waals surface area contributed by atoms with Crippen molar-refractivity contribution < 1.29 is 14.3 Å². The summed E-state index contributed by atoms with van der Waals surface area (Å²) in [6.45, 7) is 6.48. The minimum absolute atomic E-state index is 0.00617. The zero-order chi connectivity index (χ0) is 19.2. The van der Waals surface area contributed by atoms with Crippen LogP contribution in [0.4, 0.5) is 11.4 Å². The van der Waals surface area contributed by atoms with Gasteiger partial charge in [0, 0.05) is 23.3 Å². The fourth-order valence-corrected chi connectivity index (χ4v) is 2.38. The summed E-state index contributed by atoms with van der Waals surface area (Å²) in [6.07, 6.45) is 0.864. The average molecular weight is 356 g/mol. The maximum atomic E-state index is 12.0. The fourth-order valence-electron chi connectivity index (χ4n) is 2.38. The van der Waals surface area contributed by atoms with Gasteiger partial charge in [-0.05, 0) is 48.4 Å². The van der Waals surface area contributed by atoms with E-state index in [0.717, 1.165) is 35.8 Å². The molecule has 2 N–H and O–H groups in total. The summed E-state index contributed by atoms with van der Waals surface area (Å²) in [4.78, 5) is 12.0. The highest BCUT2D eigenvalue weighted by Crippen LogP contribution is 2.27. The Balaban J connectivity index is 1.87. The van der Waals surface area contributed by atoms with Crippen molar-refractivity contribution in [3.8, 4) is 11.5 Å². The van der Waals surface area contributed by atoms with E-state index in [1.165, 1.54) is 5.56 Å². The van der Waals surface area contributed by atoms with Gasteiger partial charge in [-0.3, -0.25) is 4.79 Å². The number of amides is 1. The van der Waals surface area contributed by atoms with E-state index in [4.69, 9.17) is 9.47 Å². The summed E-state index contributed by atoms with van der Waals surface area (Å²) < 4.78 is 10.6. The van der Waals surface area contributed by atoms with Crippen LogP contribution >= 0.6 is 0 Å². The molecule has 2 aromatic carbocycles. The molecule has 0 aliphatic carbocycles. The number of carbonyl (C=O) groups excluding carboxylic acids is 1. The Morgan fingerprint density at radius 1 is 0.923 bits per heavy atom. The molecular formula is C21H28N2O3. The minimum Gasteiger partial charge on any atom is -0.493 e. The SMILES string of the molecule is COc1ccc(CCNc2ccc(NC(=O)C(C)(C)C)cc2)cc1OC. The molecule has 0 radical (unpaired) electrons. The molecule has 0 aliphatic rings.